The number of fused-ring (bicyclic) bond motifs is 2. The zero-order chi connectivity index (χ0) is 20.8. The number of aromatic amines is 2. The van der Waals surface area contributed by atoms with E-state index < -0.39 is 5.82 Å². The number of aromatic nitrogens is 7. The molecule has 0 aliphatic rings. The minimum absolute atomic E-state index is 0.0940. The van der Waals surface area contributed by atoms with E-state index in [-0.39, 0.29) is 10.7 Å². The van der Waals surface area contributed by atoms with Crippen molar-refractivity contribution in [2.24, 2.45) is 0 Å². The molecule has 0 aliphatic heterocycles. The van der Waals surface area contributed by atoms with Gasteiger partial charge in [-0.3, -0.25) is 20.0 Å². The second kappa shape index (κ2) is 6.81. The molecule has 0 atom stereocenters. The van der Waals surface area contributed by atoms with Crippen LogP contribution in [-0.2, 0) is 4.79 Å². The van der Waals surface area contributed by atoms with Crippen LogP contribution in [0, 0.1) is 5.82 Å². The number of anilines is 3. The maximum absolute atomic E-state index is 15.5. The van der Waals surface area contributed by atoms with E-state index in [9.17, 15) is 4.79 Å². The van der Waals surface area contributed by atoms with Gasteiger partial charge in [0, 0.05) is 30.3 Å². The fraction of sp³-hybridized carbons (Fsp3) is 0.0556. The Morgan fingerprint density at radius 2 is 2.13 bits per heavy atom. The van der Waals surface area contributed by atoms with Crippen molar-refractivity contribution in [1.29, 1.82) is 0 Å². The summed E-state index contributed by atoms with van der Waals surface area (Å²) in [6.45, 7) is 0. The smallest absolute Gasteiger partial charge is 0.212 e. The van der Waals surface area contributed by atoms with Crippen LogP contribution in [0.5, 0.6) is 0 Å². The molecule has 4 heterocycles. The molecule has 0 unspecified atom stereocenters. The summed E-state index contributed by atoms with van der Waals surface area (Å²) in [6, 6.07) is 1.71. The normalized spacial score (nSPS) is 11.3. The molecule has 0 radical (unpaired) electrons. The number of imidazole rings is 1. The number of H-pyrrole nitrogens is 2. The van der Waals surface area contributed by atoms with Crippen LogP contribution in [0.3, 0.4) is 0 Å². The average molecular weight is 426 g/mol. The molecule has 1 amide bonds. The first-order valence-corrected chi connectivity index (χ1v) is 9.08. The molecule has 4 aromatic heterocycles. The third-order valence-corrected chi connectivity index (χ3v) is 5.11. The number of hydrogen-bond acceptors (Lipinski definition) is 6. The van der Waals surface area contributed by atoms with Crippen molar-refractivity contribution in [2.75, 3.05) is 17.3 Å². The number of nitrogens with zero attached hydrogens (tertiary/aromatic N) is 6. The lowest BCUT2D eigenvalue weighted by atomic mass is 10.0. The predicted octanol–water partition coefficient (Wildman–Crippen LogP) is 3.12. The number of benzene rings is 1. The zero-order valence-corrected chi connectivity index (χ0v) is 16.1. The lowest BCUT2D eigenvalue weighted by molar-refractivity contribution is -0.105. The van der Waals surface area contributed by atoms with Crippen molar-refractivity contribution in [3.8, 4) is 11.3 Å². The van der Waals surface area contributed by atoms with Gasteiger partial charge in [-0.05, 0) is 0 Å². The van der Waals surface area contributed by atoms with Crippen molar-refractivity contribution >= 4 is 51.9 Å². The Bertz CT molecular complexity index is 1390. The molecule has 0 bridgehead atoms. The number of carbonyl (C=O) groups is 1. The molecule has 5 aromatic rings. The number of rotatable bonds is 5. The third-order valence-electron chi connectivity index (χ3n) is 4.75. The highest BCUT2D eigenvalue weighted by Gasteiger charge is 2.25. The van der Waals surface area contributed by atoms with E-state index in [0.29, 0.717) is 45.9 Å². The van der Waals surface area contributed by atoms with Gasteiger partial charge in [0.2, 0.25) is 6.41 Å². The van der Waals surface area contributed by atoms with Gasteiger partial charge in [0.15, 0.2) is 17.3 Å². The molecular weight excluding hydrogens is 413 g/mol. The van der Waals surface area contributed by atoms with E-state index in [4.69, 9.17) is 11.6 Å². The summed E-state index contributed by atoms with van der Waals surface area (Å²) < 4.78 is 17.1. The van der Waals surface area contributed by atoms with Gasteiger partial charge < -0.3 is 14.6 Å². The van der Waals surface area contributed by atoms with Gasteiger partial charge in [0.1, 0.15) is 11.5 Å². The summed E-state index contributed by atoms with van der Waals surface area (Å²) in [7, 11) is 1.69. The van der Waals surface area contributed by atoms with E-state index >= 15 is 4.39 Å². The highest BCUT2D eigenvalue weighted by Crippen LogP contribution is 2.43. The monoisotopic (exact) mass is 425 g/mol. The Hall–Kier alpha value is -3.99. The van der Waals surface area contributed by atoms with Crippen molar-refractivity contribution in [3.63, 3.8) is 0 Å². The summed E-state index contributed by atoms with van der Waals surface area (Å²) in [6.07, 6.45) is 8.46. The number of carbonyl (C=O) groups excluding carboxylic acids is 1. The number of amides is 1. The molecule has 10 nitrogen and oxygen atoms in total. The van der Waals surface area contributed by atoms with Gasteiger partial charge >= 0.3 is 0 Å². The van der Waals surface area contributed by atoms with Crippen LogP contribution in [-0.4, -0.2) is 48.2 Å². The fourth-order valence-electron chi connectivity index (χ4n) is 3.38. The van der Waals surface area contributed by atoms with Gasteiger partial charge in [-0.15, -0.1) is 0 Å². The van der Waals surface area contributed by atoms with Gasteiger partial charge in [-0.1, -0.05) is 11.6 Å². The summed E-state index contributed by atoms with van der Waals surface area (Å²) in [5.41, 5.74) is 2.00. The molecular formula is C18H13ClFN9O. The van der Waals surface area contributed by atoms with Crippen LogP contribution >= 0.6 is 11.6 Å². The quantitative estimate of drug-likeness (QED) is 0.372. The Kier molecular flexibility index (Phi) is 4.10. The van der Waals surface area contributed by atoms with E-state index in [1.807, 2.05) is 0 Å². The van der Waals surface area contributed by atoms with Crippen LogP contribution in [0.15, 0.2) is 37.1 Å². The number of halogens is 2. The minimum atomic E-state index is -0.628. The summed E-state index contributed by atoms with van der Waals surface area (Å²) in [5.74, 6) is 0.323. The summed E-state index contributed by atoms with van der Waals surface area (Å²) >= 11 is 6.49. The van der Waals surface area contributed by atoms with Crippen LogP contribution in [0.25, 0.3) is 27.8 Å². The Morgan fingerprint density at radius 1 is 1.27 bits per heavy atom. The molecule has 30 heavy (non-hydrogen) atoms. The van der Waals surface area contributed by atoms with E-state index in [0.717, 1.165) is 0 Å². The molecule has 0 aliphatic carbocycles. The van der Waals surface area contributed by atoms with Crippen LogP contribution in [0.4, 0.5) is 21.7 Å². The van der Waals surface area contributed by atoms with E-state index in [2.05, 4.69) is 35.7 Å². The second-order valence-electron chi connectivity index (χ2n) is 6.44. The number of nitrogens with one attached hydrogen (secondary N) is 3. The minimum Gasteiger partial charge on any atom is -0.326 e. The zero-order valence-electron chi connectivity index (χ0n) is 15.4. The Balaban J connectivity index is 1.72. The molecule has 0 saturated heterocycles. The van der Waals surface area contributed by atoms with E-state index in [1.165, 1.54) is 6.20 Å². The van der Waals surface area contributed by atoms with Crippen LogP contribution in [0.1, 0.15) is 0 Å². The molecule has 1 aromatic carbocycles. The SMILES string of the molecule is CN(c1ccn[nH]1)c1c(F)c(Cl)c(-c2cn3cc(NC=O)nc3cn2)c2cn[nH]c12. The van der Waals surface area contributed by atoms with Crippen molar-refractivity contribution in [1.82, 2.24) is 34.8 Å². The summed E-state index contributed by atoms with van der Waals surface area (Å²) in [4.78, 5) is 20.9. The lowest BCUT2D eigenvalue weighted by Gasteiger charge is -2.20. The molecule has 12 heteroatoms. The lowest BCUT2D eigenvalue weighted by Crippen LogP contribution is -2.13. The van der Waals surface area contributed by atoms with Gasteiger partial charge in [-0.25, -0.2) is 9.37 Å². The topological polar surface area (TPSA) is 120 Å². The van der Waals surface area contributed by atoms with Gasteiger partial charge in [-0.2, -0.15) is 10.2 Å². The molecule has 0 spiro atoms. The molecule has 150 valence electrons. The Labute approximate surface area is 172 Å². The molecule has 0 fully saturated rings. The van der Waals surface area contributed by atoms with Gasteiger partial charge in [0.05, 0.1) is 41.0 Å². The van der Waals surface area contributed by atoms with Crippen LogP contribution in [0.2, 0.25) is 5.02 Å². The second-order valence-corrected chi connectivity index (χ2v) is 6.82. The van der Waals surface area contributed by atoms with Crippen LogP contribution < -0.4 is 10.2 Å². The number of hydrogen-bond donors (Lipinski definition) is 3. The maximum Gasteiger partial charge on any atom is 0.212 e. The van der Waals surface area contributed by atoms with Crippen molar-refractivity contribution in [3.05, 3.63) is 47.9 Å². The van der Waals surface area contributed by atoms with E-state index in [1.54, 1.807) is 47.2 Å². The first-order valence-electron chi connectivity index (χ1n) is 8.71. The molecule has 5 rings (SSSR count). The first-order chi connectivity index (χ1) is 14.6. The predicted molar refractivity (Wildman–Crippen MR) is 109 cm³/mol. The highest BCUT2D eigenvalue weighted by molar-refractivity contribution is 6.36. The Morgan fingerprint density at radius 3 is 2.90 bits per heavy atom. The summed E-state index contributed by atoms with van der Waals surface area (Å²) in [5, 5.41) is 16.6. The largest absolute Gasteiger partial charge is 0.326 e. The average Bonchev–Trinajstić information content (AvgIpc) is 3.48. The maximum atomic E-state index is 15.5. The third kappa shape index (κ3) is 2.67. The highest BCUT2D eigenvalue weighted by atomic mass is 35.5. The first kappa shape index (κ1) is 18.1. The standard InChI is InChI=1S/C18H13ClFN9O/c1-28(12-2-3-23-26-12)18-16(20)15(19)14(9-4-24-27-17(9)18)10-6-29-7-11(22-8-30)25-13(29)5-21-10/h2-8H,1H3,(H,22,30)(H,23,26)(H,24,27). The molecule has 3 N–H and O–H groups in total. The molecule has 0 saturated carbocycles. The van der Waals surface area contributed by atoms with Gasteiger partial charge in [0.25, 0.3) is 0 Å². The fourth-order valence-corrected chi connectivity index (χ4v) is 3.67. The van der Waals surface area contributed by atoms with Crippen molar-refractivity contribution < 1.29 is 9.18 Å². The van der Waals surface area contributed by atoms with Crippen molar-refractivity contribution in [2.45, 2.75) is 0 Å².